The molecule has 66 valence electrons. The molecule has 0 saturated carbocycles. The lowest BCUT2D eigenvalue weighted by Crippen LogP contribution is -2.28. The molecule has 13 heavy (non-hydrogen) atoms. The van der Waals surface area contributed by atoms with E-state index in [9.17, 15) is 0 Å². The highest BCUT2D eigenvalue weighted by Crippen LogP contribution is 2.44. The van der Waals surface area contributed by atoms with E-state index >= 15 is 0 Å². The lowest BCUT2D eigenvalue weighted by molar-refractivity contribution is 0.140. The van der Waals surface area contributed by atoms with Gasteiger partial charge in [0.15, 0.2) is 6.73 Å². The molecule has 0 N–H and O–H groups in total. The zero-order chi connectivity index (χ0) is 8.67. The van der Waals surface area contributed by atoms with Crippen molar-refractivity contribution in [2.24, 2.45) is 0 Å². The average molecular weight is 191 g/mol. The summed E-state index contributed by atoms with van der Waals surface area (Å²) in [5.41, 5.74) is 1.28. The molecule has 2 nitrogen and oxygen atoms in total. The highest BCUT2D eigenvalue weighted by atomic mass is 32.2. The van der Waals surface area contributed by atoms with Gasteiger partial charge in [-0.1, -0.05) is 18.2 Å². The van der Waals surface area contributed by atoms with Crippen molar-refractivity contribution in [1.82, 2.24) is 4.90 Å². The van der Waals surface area contributed by atoms with E-state index in [1.807, 2.05) is 23.9 Å². The second-order valence-electron chi connectivity index (χ2n) is 3.10. The third-order valence-electron chi connectivity index (χ3n) is 2.32. The maximum absolute atomic E-state index is 5.60. The summed E-state index contributed by atoms with van der Waals surface area (Å²) in [5.74, 6) is 1.03. The number of nitrogens with zero attached hydrogens (tertiary/aromatic N) is 1. The molecule has 0 fully saturated rings. The van der Waals surface area contributed by atoms with Gasteiger partial charge in [0.25, 0.3) is 0 Å². The predicted octanol–water partition coefficient (Wildman–Crippen LogP) is 2.56. The topological polar surface area (TPSA) is 12.5 Å². The molecule has 2 aliphatic rings. The first-order valence-corrected chi connectivity index (χ1v) is 5.19. The van der Waals surface area contributed by atoms with E-state index in [1.165, 1.54) is 5.56 Å². The van der Waals surface area contributed by atoms with E-state index in [-0.39, 0.29) is 0 Å². The molecule has 1 atom stereocenters. The minimum absolute atomic E-state index is 0.435. The molecule has 1 unspecified atom stereocenters. The van der Waals surface area contributed by atoms with Gasteiger partial charge in [0, 0.05) is 11.8 Å². The lowest BCUT2D eigenvalue weighted by atomic mass is 10.1. The summed E-state index contributed by atoms with van der Waals surface area (Å²) in [5, 5.41) is 2.56. The standard InChI is InChI=1S/C10H9NOS/c1-2-4-9-8(3-1)10-11(7-12-9)5-6-13-10/h1-6,10H,7H2. The van der Waals surface area contributed by atoms with Crippen molar-refractivity contribution in [1.29, 1.82) is 0 Å². The van der Waals surface area contributed by atoms with Gasteiger partial charge in [-0.2, -0.15) is 0 Å². The normalized spacial score (nSPS) is 23.7. The summed E-state index contributed by atoms with van der Waals surface area (Å²) in [4.78, 5) is 2.20. The summed E-state index contributed by atoms with van der Waals surface area (Å²) in [6.07, 6.45) is 2.09. The summed E-state index contributed by atoms with van der Waals surface area (Å²) in [6.45, 7) is 0.672. The van der Waals surface area contributed by atoms with E-state index in [0.29, 0.717) is 12.1 Å². The number of benzene rings is 1. The number of para-hydroxylation sites is 1. The first kappa shape index (κ1) is 7.33. The molecule has 0 bridgehead atoms. The maximum Gasteiger partial charge on any atom is 0.162 e. The molecule has 1 aromatic rings. The van der Waals surface area contributed by atoms with E-state index in [1.54, 1.807) is 0 Å². The van der Waals surface area contributed by atoms with Gasteiger partial charge < -0.3 is 9.64 Å². The second kappa shape index (κ2) is 2.70. The van der Waals surface area contributed by atoms with Gasteiger partial charge in [-0.15, -0.1) is 11.8 Å². The minimum atomic E-state index is 0.435. The Hall–Kier alpha value is -1.09. The van der Waals surface area contributed by atoms with Crippen molar-refractivity contribution in [3.05, 3.63) is 41.4 Å². The molecule has 2 heterocycles. The van der Waals surface area contributed by atoms with Crippen LogP contribution in [-0.4, -0.2) is 11.6 Å². The van der Waals surface area contributed by atoms with E-state index in [0.717, 1.165) is 5.75 Å². The maximum atomic E-state index is 5.60. The number of thioether (sulfide) groups is 1. The lowest BCUT2D eigenvalue weighted by Gasteiger charge is -2.31. The van der Waals surface area contributed by atoms with Crippen LogP contribution >= 0.6 is 11.8 Å². The van der Waals surface area contributed by atoms with E-state index in [2.05, 4.69) is 28.6 Å². The van der Waals surface area contributed by atoms with E-state index < -0.39 is 0 Å². The minimum Gasteiger partial charge on any atom is -0.473 e. The summed E-state index contributed by atoms with van der Waals surface area (Å²) in [6, 6.07) is 8.24. The van der Waals surface area contributed by atoms with Gasteiger partial charge in [0.05, 0.1) is 0 Å². The third kappa shape index (κ3) is 1.04. The first-order chi connectivity index (χ1) is 6.45. The molecule has 3 heteroatoms. The highest BCUT2D eigenvalue weighted by Gasteiger charge is 2.28. The largest absolute Gasteiger partial charge is 0.473 e. The third-order valence-corrected chi connectivity index (χ3v) is 3.38. The molecule has 0 aromatic heterocycles. The average Bonchev–Trinajstić information content (AvgIpc) is 2.65. The van der Waals surface area contributed by atoms with Gasteiger partial charge in [-0.25, -0.2) is 0 Å². The Morgan fingerprint density at radius 1 is 1.38 bits per heavy atom. The Morgan fingerprint density at radius 3 is 3.31 bits per heavy atom. The van der Waals surface area contributed by atoms with Crippen molar-refractivity contribution in [2.45, 2.75) is 5.37 Å². The molecule has 3 rings (SSSR count). The smallest absolute Gasteiger partial charge is 0.162 e. The Morgan fingerprint density at radius 2 is 2.31 bits per heavy atom. The first-order valence-electron chi connectivity index (χ1n) is 4.25. The van der Waals surface area contributed by atoms with Gasteiger partial charge in [-0.3, -0.25) is 0 Å². The van der Waals surface area contributed by atoms with E-state index in [4.69, 9.17) is 4.74 Å². The van der Waals surface area contributed by atoms with Crippen LogP contribution in [0, 0.1) is 0 Å². The molecule has 0 amide bonds. The van der Waals surface area contributed by atoms with Crippen LogP contribution in [0.5, 0.6) is 5.75 Å². The van der Waals surface area contributed by atoms with Crippen LogP contribution in [0.15, 0.2) is 35.9 Å². The van der Waals surface area contributed by atoms with Gasteiger partial charge >= 0.3 is 0 Å². The monoisotopic (exact) mass is 191 g/mol. The highest BCUT2D eigenvalue weighted by molar-refractivity contribution is 8.02. The van der Waals surface area contributed by atoms with Gasteiger partial charge in [-0.05, 0) is 11.5 Å². The molecule has 1 aromatic carbocycles. The number of hydrogen-bond donors (Lipinski definition) is 0. The number of rotatable bonds is 0. The van der Waals surface area contributed by atoms with Crippen molar-refractivity contribution in [2.75, 3.05) is 6.73 Å². The predicted molar refractivity (Wildman–Crippen MR) is 53.2 cm³/mol. The summed E-state index contributed by atoms with van der Waals surface area (Å²) < 4.78 is 5.60. The quantitative estimate of drug-likeness (QED) is 0.625. The molecule has 0 aliphatic carbocycles. The molecule has 0 spiro atoms. The van der Waals surface area contributed by atoms with Crippen LogP contribution in [0.4, 0.5) is 0 Å². The number of hydrogen-bond acceptors (Lipinski definition) is 3. The van der Waals surface area contributed by atoms with Crippen LogP contribution < -0.4 is 4.74 Å². The molecule has 2 aliphatic heterocycles. The van der Waals surface area contributed by atoms with Crippen LogP contribution in [0.1, 0.15) is 10.9 Å². The van der Waals surface area contributed by atoms with Crippen LogP contribution in [-0.2, 0) is 0 Å². The molecular formula is C10H9NOS. The van der Waals surface area contributed by atoms with Crippen LogP contribution in [0.25, 0.3) is 0 Å². The SMILES string of the molecule is C1=CN2COc3ccccc3C2S1. The fraction of sp³-hybridized carbons (Fsp3) is 0.200. The Labute approximate surface area is 81.2 Å². The van der Waals surface area contributed by atoms with Gasteiger partial charge in [0.1, 0.15) is 11.1 Å². The zero-order valence-corrected chi connectivity index (χ0v) is 7.83. The zero-order valence-electron chi connectivity index (χ0n) is 7.01. The molecular weight excluding hydrogens is 182 g/mol. The summed E-state index contributed by atoms with van der Waals surface area (Å²) >= 11 is 1.83. The van der Waals surface area contributed by atoms with Crippen LogP contribution in [0.2, 0.25) is 0 Å². The van der Waals surface area contributed by atoms with Crippen molar-refractivity contribution in [3.8, 4) is 5.75 Å². The molecule has 0 saturated heterocycles. The molecule has 0 radical (unpaired) electrons. The van der Waals surface area contributed by atoms with Crippen molar-refractivity contribution >= 4 is 11.8 Å². The second-order valence-corrected chi connectivity index (χ2v) is 4.09. The number of fused-ring (bicyclic) bond motifs is 3. The van der Waals surface area contributed by atoms with Crippen LogP contribution in [0.3, 0.4) is 0 Å². The van der Waals surface area contributed by atoms with Crippen molar-refractivity contribution < 1.29 is 4.74 Å². The Kier molecular flexibility index (Phi) is 1.52. The Bertz CT molecular complexity index is 364. The summed E-state index contributed by atoms with van der Waals surface area (Å²) in [7, 11) is 0. The fourth-order valence-corrected chi connectivity index (χ4v) is 2.67. The fourth-order valence-electron chi connectivity index (χ4n) is 1.67. The Balaban J connectivity index is 2.08. The number of ether oxygens (including phenoxy) is 1. The van der Waals surface area contributed by atoms with Crippen molar-refractivity contribution in [3.63, 3.8) is 0 Å². The van der Waals surface area contributed by atoms with Gasteiger partial charge in [0.2, 0.25) is 0 Å².